The zero-order chi connectivity index (χ0) is 31.0. The number of aromatic nitrogens is 3. The number of ether oxygens (including phenoxy) is 2. The van der Waals surface area contributed by atoms with Crippen LogP contribution in [0.15, 0.2) is 42.6 Å². The van der Waals surface area contributed by atoms with Crippen LogP contribution in [0.1, 0.15) is 60.3 Å². The molecule has 228 valence electrons. The molecule has 4 aromatic rings. The number of methoxy groups -OCH3 is 1. The molecule has 12 heteroatoms. The van der Waals surface area contributed by atoms with Gasteiger partial charge in [0.25, 0.3) is 5.91 Å². The number of phenols is 1. The lowest BCUT2D eigenvalue weighted by atomic mass is 9.81. The third-order valence-corrected chi connectivity index (χ3v) is 9.04. The van der Waals surface area contributed by atoms with E-state index in [1.165, 1.54) is 19.2 Å². The van der Waals surface area contributed by atoms with E-state index in [9.17, 15) is 24.2 Å². The van der Waals surface area contributed by atoms with Crippen molar-refractivity contribution in [3.63, 3.8) is 0 Å². The maximum Gasteiger partial charge on any atom is 0.251 e. The third kappa shape index (κ3) is 4.52. The second-order valence-corrected chi connectivity index (χ2v) is 12.2. The molecular formula is C32H32FN5O6. The summed E-state index contributed by atoms with van der Waals surface area (Å²) in [7, 11) is 1.53. The number of primary amides is 1. The third-order valence-electron chi connectivity index (χ3n) is 9.04. The second-order valence-electron chi connectivity index (χ2n) is 12.2. The Labute approximate surface area is 251 Å². The van der Waals surface area contributed by atoms with Crippen LogP contribution in [0.4, 0.5) is 4.39 Å². The normalized spacial score (nSPS) is 20.5. The van der Waals surface area contributed by atoms with E-state index in [0.717, 1.165) is 24.3 Å². The molecule has 44 heavy (non-hydrogen) atoms. The largest absolute Gasteiger partial charge is 0.507 e. The highest BCUT2D eigenvalue weighted by Gasteiger charge is 2.50. The Hall–Kier alpha value is -4.71. The van der Waals surface area contributed by atoms with Crippen molar-refractivity contribution in [2.75, 3.05) is 20.3 Å². The predicted molar refractivity (Wildman–Crippen MR) is 157 cm³/mol. The van der Waals surface area contributed by atoms with E-state index in [4.69, 9.17) is 20.2 Å². The van der Waals surface area contributed by atoms with Crippen LogP contribution in [-0.2, 0) is 15.8 Å². The molecule has 3 aliphatic rings. The first-order valence-corrected chi connectivity index (χ1v) is 14.6. The number of rotatable bonds is 9. The first-order valence-electron chi connectivity index (χ1n) is 14.6. The zero-order valence-electron chi connectivity index (χ0n) is 24.3. The molecule has 2 fully saturated rings. The van der Waals surface area contributed by atoms with E-state index < -0.39 is 28.6 Å². The highest BCUT2D eigenvalue weighted by atomic mass is 19.1. The number of amides is 2. The van der Waals surface area contributed by atoms with Crippen LogP contribution in [0, 0.1) is 11.7 Å². The summed E-state index contributed by atoms with van der Waals surface area (Å²) in [5.74, 6) is -1.64. The molecular weight excluding hydrogens is 569 g/mol. The summed E-state index contributed by atoms with van der Waals surface area (Å²) in [6.45, 7) is 1.37. The van der Waals surface area contributed by atoms with E-state index in [1.54, 1.807) is 25.1 Å². The first kappa shape index (κ1) is 28.1. The highest BCUT2D eigenvalue weighted by Crippen LogP contribution is 2.50. The van der Waals surface area contributed by atoms with Crippen LogP contribution in [0.3, 0.4) is 0 Å². The Morgan fingerprint density at radius 2 is 2.00 bits per heavy atom. The number of pyridine rings is 1. The first-order chi connectivity index (χ1) is 21.0. The summed E-state index contributed by atoms with van der Waals surface area (Å²) >= 11 is 0. The molecule has 1 aliphatic heterocycles. The maximum absolute atomic E-state index is 13.9. The number of halogens is 1. The fourth-order valence-electron chi connectivity index (χ4n) is 5.95. The Bertz CT molecular complexity index is 1850. The number of nitrogens with zero attached hydrogens (tertiary/aromatic N) is 3. The number of carbonyl (C=O) groups is 2. The molecule has 2 aliphatic carbocycles. The van der Waals surface area contributed by atoms with E-state index >= 15 is 0 Å². The number of hydrogen-bond acceptors (Lipinski definition) is 8. The SMILES string of the molecule is COc1cc(C(=O)NC[C@](O)(c2cc3c(c(-c4ccc(F)cc4O)n2)OC[C@]3(C)C(N)=O)C2CC2)cc2cn(C3CC3)nc12. The van der Waals surface area contributed by atoms with Gasteiger partial charge < -0.3 is 30.7 Å². The number of fused-ring (bicyclic) bond motifs is 2. The zero-order valence-corrected chi connectivity index (χ0v) is 24.3. The summed E-state index contributed by atoms with van der Waals surface area (Å²) < 4.78 is 27.2. The average molecular weight is 602 g/mol. The lowest BCUT2D eigenvalue weighted by molar-refractivity contribution is -0.123. The average Bonchev–Trinajstić information content (AvgIpc) is 3.94. The van der Waals surface area contributed by atoms with Gasteiger partial charge >= 0.3 is 0 Å². The van der Waals surface area contributed by atoms with E-state index in [0.29, 0.717) is 41.3 Å². The molecule has 0 saturated heterocycles. The van der Waals surface area contributed by atoms with Gasteiger partial charge in [0.15, 0.2) is 0 Å². The Balaban J connectivity index is 1.26. The number of nitrogens with one attached hydrogen (secondary N) is 1. The van der Waals surface area contributed by atoms with Crippen molar-refractivity contribution in [3.05, 3.63) is 65.2 Å². The van der Waals surface area contributed by atoms with Crippen LogP contribution in [0.2, 0.25) is 0 Å². The van der Waals surface area contributed by atoms with Gasteiger partial charge in [0.1, 0.15) is 51.9 Å². The minimum atomic E-state index is -1.64. The summed E-state index contributed by atoms with van der Waals surface area (Å²) in [4.78, 5) is 30.8. The fourth-order valence-corrected chi connectivity index (χ4v) is 5.95. The van der Waals surface area contributed by atoms with Crippen LogP contribution >= 0.6 is 0 Å². The Morgan fingerprint density at radius 3 is 2.66 bits per heavy atom. The lowest BCUT2D eigenvalue weighted by Gasteiger charge is -2.30. The van der Waals surface area contributed by atoms with Gasteiger partial charge in [-0.3, -0.25) is 14.3 Å². The van der Waals surface area contributed by atoms with Crippen LogP contribution in [-0.4, -0.2) is 57.1 Å². The Morgan fingerprint density at radius 1 is 1.23 bits per heavy atom. The van der Waals surface area contributed by atoms with E-state index in [2.05, 4.69) is 10.4 Å². The molecule has 3 heterocycles. The fraction of sp³-hybridized carbons (Fsp3) is 0.375. The molecule has 11 nitrogen and oxygen atoms in total. The van der Waals surface area contributed by atoms with Gasteiger partial charge in [0, 0.05) is 34.3 Å². The molecule has 2 aromatic heterocycles. The number of aromatic hydroxyl groups is 1. The van der Waals surface area contributed by atoms with Crippen molar-refractivity contribution in [2.45, 2.75) is 49.7 Å². The summed E-state index contributed by atoms with van der Waals surface area (Å²) in [6, 6.07) is 8.79. The number of hydrogen-bond donors (Lipinski definition) is 4. The molecule has 0 bridgehead atoms. The minimum absolute atomic E-state index is 0.0714. The molecule has 2 saturated carbocycles. The highest BCUT2D eigenvalue weighted by molar-refractivity contribution is 6.00. The van der Waals surface area contributed by atoms with Crippen LogP contribution in [0.25, 0.3) is 22.2 Å². The molecule has 7 rings (SSSR count). The van der Waals surface area contributed by atoms with Gasteiger partial charge in [0.2, 0.25) is 5.91 Å². The summed E-state index contributed by atoms with van der Waals surface area (Å²) in [6.07, 6.45) is 5.41. The Kier molecular flexibility index (Phi) is 6.33. The molecule has 5 N–H and O–H groups in total. The lowest BCUT2D eigenvalue weighted by Crippen LogP contribution is -2.44. The van der Waals surface area contributed by atoms with Crippen molar-refractivity contribution in [1.29, 1.82) is 0 Å². The second kappa shape index (κ2) is 9.91. The number of benzene rings is 2. The van der Waals surface area contributed by atoms with Crippen molar-refractivity contribution in [2.24, 2.45) is 11.7 Å². The number of carbonyl (C=O) groups excluding carboxylic acids is 2. The minimum Gasteiger partial charge on any atom is -0.507 e. The van der Waals surface area contributed by atoms with Crippen LogP contribution in [0.5, 0.6) is 17.2 Å². The van der Waals surface area contributed by atoms with Crippen molar-refractivity contribution >= 4 is 22.7 Å². The van der Waals surface area contributed by atoms with Gasteiger partial charge in [-0.1, -0.05) is 0 Å². The molecule has 2 aromatic carbocycles. The number of nitrogens with two attached hydrogens (primary N) is 1. The van der Waals surface area contributed by atoms with Gasteiger partial charge in [-0.2, -0.15) is 5.10 Å². The van der Waals surface area contributed by atoms with E-state index in [1.807, 2.05) is 10.9 Å². The predicted octanol–water partition coefficient (Wildman–Crippen LogP) is 3.45. The smallest absolute Gasteiger partial charge is 0.251 e. The van der Waals surface area contributed by atoms with E-state index in [-0.39, 0.29) is 47.5 Å². The standard InChI is InChI=1S/C32H32FN5O6/c1-31(30(34)41)15-44-28-22(31)12-25(36-27(28)21-8-5-19(33)11-23(21)39)32(42,18-3-4-18)14-35-29(40)16-9-17-13-38(20-6-7-20)37-26(17)24(10-16)43-2/h5,8-13,18,20,39,42H,3-4,6-7,14-15H2,1-2H3,(H2,34,41)(H,35,40)/t31-,32+/m0/s1. The number of aliphatic hydroxyl groups is 1. The summed E-state index contributed by atoms with van der Waals surface area (Å²) in [5.41, 5.74) is 4.78. The van der Waals surface area contributed by atoms with Crippen molar-refractivity contribution < 1.29 is 33.7 Å². The monoisotopic (exact) mass is 601 g/mol. The molecule has 2 atom stereocenters. The molecule has 0 radical (unpaired) electrons. The molecule has 0 spiro atoms. The van der Waals surface area contributed by atoms with Crippen molar-refractivity contribution in [3.8, 4) is 28.5 Å². The topological polar surface area (TPSA) is 162 Å². The van der Waals surface area contributed by atoms with Gasteiger partial charge in [-0.05, 0) is 68.9 Å². The van der Waals surface area contributed by atoms with Gasteiger partial charge in [-0.15, -0.1) is 0 Å². The molecule has 2 amide bonds. The number of phenolic OH excluding ortho intramolecular Hbond substituents is 1. The van der Waals surface area contributed by atoms with Gasteiger partial charge in [-0.25, -0.2) is 9.37 Å². The summed E-state index contributed by atoms with van der Waals surface area (Å²) in [5, 5.41) is 31.1. The molecule has 0 unspecified atom stereocenters. The van der Waals surface area contributed by atoms with Crippen molar-refractivity contribution in [1.82, 2.24) is 20.1 Å². The quantitative estimate of drug-likeness (QED) is 0.227. The van der Waals surface area contributed by atoms with Gasteiger partial charge in [0.05, 0.1) is 25.4 Å². The van der Waals surface area contributed by atoms with Crippen LogP contribution < -0.4 is 20.5 Å². The maximum atomic E-state index is 13.9.